The highest BCUT2D eigenvalue weighted by molar-refractivity contribution is 7.98. The third-order valence-electron chi connectivity index (χ3n) is 2.30. The lowest BCUT2D eigenvalue weighted by Crippen LogP contribution is -2.06. The summed E-state index contributed by atoms with van der Waals surface area (Å²) >= 11 is 1.54. The number of aliphatic hydroxyl groups excluding tert-OH is 1. The van der Waals surface area contributed by atoms with Crippen LogP contribution in [0, 0.1) is 0 Å². The van der Waals surface area contributed by atoms with E-state index in [1.807, 2.05) is 12.5 Å². The lowest BCUT2D eigenvalue weighted by molar-refractivity contribution is 0.262. The molecular weight excluding hydrogens is 240 g/mol. The van der Waals surface area contributed by atoms with Gasteiger partial charge < -0.3 is 9.67 Å². The second-order valence-electron chi connectivity index (χ2n) is 3.37. The summed E-state index contributed by atoms with van der Waals surface area (Å²) in [5.41, 5.74) is 1.14. The second-order valence-corrected chi connectivity index (χ2v) is 4.31. The number of aliphatic hydroxyl groups is 1. The Morgan fingerprint density at radius 3 is 3.12 bits per heavy atom. The Morgan fingerprint density at radius 2 is 2.35 bits per heavy atom. The number of tetrazole rings is 1. The van der Waals surface area contributed by atoms with Crippen molar-refractivity contribution in [1.82, 2.24) is 29.8 Å². The lowest BCUT2D eigenvalue weighted by Gasteiger charge is -2.04. The van der Waals surface area contributed by atoms with Crippen molar-refractivity contribution in [3.05, 3.63) is 18.2 Å². The molecule has 0 saturated heterocycles. The molecule has 0 aliphatic carbocycles. The van der Waals surface area contributed by atoms with E-state index in [-0.39, 0.29) is 6.61 Å². The fourth-order valence-corrected chi connectivity index (χ4v) is 2.31. The predicted octanol–water partition coefficient (Wildman–Crippen LogP) is 0.174. The van der Waals surface area contributed by atoms with Crippen LogP contribution in [0.1, 0.15) is 12.6 Å². The number of hydrogen-bond donors (Lipinski definition) is 1. The van der Waals surface area contributed by atoms with E-state index >= 15 is 0 Å². The van der Waals surface area contributed by atoms with Gasteiger partial charge >= 0.3 is 0 Å². The van der Waals surface area contributed by atoms with Crippen LogP contribution >= 0.6 is 11.8 Å². The highest BCUT2D eigenvalue weighted by atomic mass is 32.2. The fourth-order valence-electron chi connectivity index (χ4n) is 1.43. The molecule has 1 N–H and O–H groups in total. The van der Waals surface area contributed by atoms with Crippen molar-refractivity contribution in [2.24, 2.45) is 0 Å². The Morgan fingerprint density at radius 1 is 1.47 bits per heavy atom. The normalized spacial score (nSPS) is 10.9. The first-order chi connectivity index (χ1) is 8.35. The summed E-state index contributed by atoms with van der Waals surface area (Å²) in [7, 11) is 0. The molecule has 7 nitrogen and oxygen atoms in total. The lowest BCUT2D eigenvalue weighted by atomic mass is 10.5. The van der Waals surface area contributed by atoms with Crippen LogP contribution in [0.15, 0.2) is 17.7 Å². The Hall–Kier alpha value is -1.41. The molecule has 92 valence electrons. The summed E-state index contributed by atoms with van der Waals surface area (Å²) < 4.78 is 3.67. The van der Waals surface area contributed by atoms with E-state index in [9.17, 15) is 0 Å². The summed E-state index contributed by atoms with van der Waals surface area (Å²) in [5, 5.41) is 20.9. The van der Waals surface area contributed by atoms with Crippen molar-refractivity contribution in [2.45, 2.75) is 30.9 Å². The highest BCUT2D eigenvalue weighted by Crippen LogP contribution is 2.19. The molecule has 0 radical (unpaired) electrons. The third-order valence-corrected chi connectivity index (χ3v) is 3.29. The van der Waals surface area contributed by atoms with Crippen molar-refractivity contribution in [1.29, 1.82) is 0 Å². The van der Waals surface area contributed by atoms with Crippen LogP contribution in [-0.4, -0.2) is 41.5 Å². The second kappa shape index (κ2) is 5.78. The van der Waals surface area contributed by atoms with Gasteiger partial charge in [0.2, 0.25) is 5.16 Å². The predicted molar refractivity (Wildman–Crippen MR) is 62.4 cm³/mol. The minimum Gasteiger partial charge on any atom is -0.394 e. The van der Waals surface area contributed by atoms with Gasteiger partial charge in [-0.3, -0.25) is 0 Å². The molecule has 2 aromatic rings. The molecule has 0 aliphatic rings. The molecule has 0 atom stereocenters. The summed E-state index contributed by atoms with van der Waals surface area (Å²) in [6.07, 6.45) is 3.66. The zero-order valence-electron chi connectivity index (χ0n) is 9.52. The SMILES string of the molecule is CCn1cncc1CSc1nnnn1CCO. The van der Waals surface area contributed by atoms with E-state index in [1.54, 1.807) is 4.68 Å². The minimum absolute atomic E-state index is 0.0332. The molecule has 8 heteroatoms. The summed E-state index contributed by atoms with van der Waals surface area (Å²) in [5.74, 6) is 0.764. The third kappa shape index (κ3) is 2.83. The number of aryl methyl sites for hydroxylation is 1. The van der Waals surface area contributed by atoms with Gasteiger partial charge in [0.1, 0.15) is 0 Å². The van der Waals surface area contributed by atoms with Gasteiger partial charge in [-0.1, -0.05) is 11.8 Å². The topological polar surface area (TPSA) is 81.7 Å². The quantitative estimate of drug-likeness (QED) is 0.740. The van der Waals surface area contributed by atoms with Crippen LogP contribution in [0.4, 0.5) is 0 Å². The summed E-state index contributed by atoms with van der Waals surface area (Å²) in [4.78, 5) is 4.10. The van der Waals surface area contributed by atoms with Gasteiger partial charge in [0, 0.05) is 24.2 Å². The van der Waals surface area contributed by atoms with E-state index < -0.39 is 0 Å². The molecule has 0 amide bonds. The maximum atomic E-state index is 8.86. The largest absolute Gasteiger partial charge is 0.394 e. The Bertz CT molecular complexity index is 468. The van der Waals surface area contributed by atoms with Crippen molar-refractivity contribution < 1.29 is 5.11 Å². The molecule has 2 heterocycles. The van der Waals surface area contributed by atoms with Crippen molar-refractivity contribution in [3.8, 4) is 0 Å². The maximum Gasteiger partial charge on any atom is 0.209 e. The van der Waals surface area contributed by atoms with Gasteiger partial charge in [-0.05, 0) is 17.4 Å². The molecule has 0 saturated carbocycles. The number of rotatable bonds is 6. The van der Waals surface area contributed by atoms with Crippen LogP contribution in [0.25, 0.3) is 0 Å². The van der Waals surface area contributed by atoms with Crippen molar-refractivity contribution in [2.75, 3.05) is 6.61 Å². The molecule has 0 fully saturated rings. The zero-order valence-corrected chi connectivity index (χ0v) is 10.3. The van der Waals surface area contributed by atoms with Crippen LogP contribution in [0.5, 0.6) is 0 Å². The van der Waals surface area contributed by atoms with Crippen molar-refractivity contribution >= 4 is 11.8 Å². The van der Waals surface area contributed by atoms with Gasteiger partial charge in [-0.2, -0.15) is 0 Å². The maximum absolute atomic E-state index is 8.86. The number of imidazole rings is 1. The van der Waals surface area contributed by atoms with E-state index in [0.717, 1.165) is 18.0 Å². The molecule has 2 rings (SSSR count). The van der Waals surface area contributed by atoms with Gasteiger partial charge in [0.25, 0.3) is 0 Å². The number of aromatic nitrogens is 6. The first-order valence-electron chi connectivity index (χ1n) is 5.34. The monoisotopic (exact) mass is 254 g/mol. The Labute approximate surface area is 103 Å². The van der Waals surface area contributed by atoms with Crippen molar-refractivity contribution in [3.63, 3.8) is 0 Å². The van der Waals surface area contributed by atoms with Gasteiger partial charge in [-0.15, -0.1) is 5.10 Å². The van der Waals surface area contributed by atoms with Gasteiger partial charge in [-0.25, -0.2) is 9.67 Å². The molecule has 0 unspecified atom stereocenters. The van der Waals surface area contributed by atoms with E-state index in [0.29, 0.717) is 11.7 Å². The Kier molecular flexibility index (Phi) is 4.10. The minimum atomic E-state index is 0.0332. The summed E-state index contributed by atoms with van der Waals surface area (Å²) in [6, 6.07) is 0. The molecular formula is C9H14N6OS. The zero-order chi connectivity index (χ0) is 12.1. The molecule has 0 bridgehead atoms. The van der Waals surface area contributed by atoms with Crippen LogP contribution in [-0.2, 0) is 18.8 Å². The molecule has 0 aliphatic heterocycles. The molecule has 17 heavy (non-hydrogen) atoms. The average Bonchev–Trinajstić information content (AvgIpc) is 2.95. The van der Waals surface area contributed by atoms with Crippen LogP contribution < -0.4 is 0 Å². The average molecular weight is 254 g/mol. The number of nitrogens with zero attached hydrogens (tertiary/aromatic N) is 6. The molecule has 0 aromatic carbocycles. The van der Waals surface area contributed by atoms with E-state index in [2.05, 4.69) is 32.0 Å². The first kappa shape index (κ1) is 12.1. The number of thioether (sulfide) groups is 1. The van der Waals surface area contributed by atoms with Gasteiger partial charge in [0.15, 0.2) is 0 Å². The highest BCUT2D eigenvalue weighted by Gasteiger charge is 2.08. The van der Waals surface area contributed by atoms with Crippen LogP contribution in [0.3, 0.4) is 0 Å². The van der Waals surface area contributed by atoms with Crippen LogP contribution in [0.2, 0.25) is 0 Å². The molecule has 2 aromatic heterocycles. The van der Waals surface area contributed by atoms with E-state index in [1.165, 1.54) is 11.8 Å². The number of hydrogen-bond acceptors (Lipinski definition) is 6. The fraction of sp³-hybridized carbons (Fsp3) is 0.556. The summed E-state index contributed by atoms with van der Waals surface area (Å²) in [6.45, 7) is 3.43. The molecule has 0 spiro atoms. The van der Waals surface area contributed by atoms with Gasteiger partial charge in [0.05, 0.1) is 19.5 Å². The Balaban J connectivity index is 1.99. The standard InChI is InChI=1S/C9H14N6OS/c1-2-14-7-10-5-8(14)6-17-9-11-12-13-15(9)3-4-16/h5,7,16H,2-4,6H2,1H3. The van der Waals surface area contributed by atoms with E-state index in [4.69, 9.17) is 5.11 Å². The smallest absolute Gasteiger partial charge is 0.209 e. The first-order valence-corrected chi connectivity index (χ1v) is 6.32.